The first-order chi connectivity index (χ1) is 10.6. The lowest BCUT2D eigenvalue weighted by molar-refractivity contribution is 0.0606. The molecular formula is C16H14ClNO3S. The average Bonchev–Trinajstić information content (AvgIpc) is 3.13. The molecule has 1 heterocycles. The van der Waals surface area contributed by atoms with Crippen LogP contribution in [0.2, 0.25) is 5.02 Å². The van der Waals surface area contributed by atoms with Crippen LogP contribution in [0.4, 0.5) is 0 Å². The molecule has 3 rings (SSSR count). The minimum absolute atomic E-state index is 0.0107. The molecule has 6 heteroatoms. The number of carbonyl (C=O) groups excluding carboxylic acids is 2. The van der Waals surface area contributed by atoms with E-state index >= 15 is 0 Å². The highest BCUT2D eigenvalue weighted by molar-refractivity contribution is 7.15. The van der Waals surface area contributed by atoms with Gasteiger partial charge in [-0.15, -0.1) is 11.3 Å². The smallest absolute Gasteiger partial charge is 0.348 e. The molecule has 0 spiro atoms. The summed E-state index contributed by atoms with van der Waals surface area (Å²) in [6.07, 6.45) is 1.76. The Morgan fingerprint density at radius 3 is 2.82 bits per heavy atom. The van der Waals surface area contributed by atoms with Gasteiger partial charge in [0.1, 0.15) is 4.88 Å². The second-order valence-electron chi connectivity index (χ2n) is 5.06. The number of ether oxygens (including phenoxy) is 1. The van der Waals surface area contributed by atoms with Crippen molar-refractivity contribution in [1.29, 1.82) is 0 Å². The van der Waals surface area contributed by atoms with E-state index in [1.165, 1.54) is 12.7 Å². The minimum atomic E-state index is -0.426. The molecule has 1 amide bonds. The van der Waals surface area contributed by atoms with Crippen LogP contribution < -0.4 is 5.32 Å². The zero-order valence-electron chi connectivity index (χ0n) is 11.9. The van der Waals surface area contributed by atoms with Gasteiger partial charge < -0.3 is 10.1 Å². The van der Waals surface area contributed by atoms with Gasteiger partial charge in [0.25, 0.3) is 5.91 Å². The van der Waals surface area contributed by atoms with Crippen LogP contribution in [0.5, 0.6) is 0 Å². The second-order valence-corrected chi connectivity index (χ2v) is 6.58. The summed E-state index contributed by atoms with van der Waals surface area (Å²) >= 11 is 7.12. The summed E-state index contributed by atoms with van der Waals surface area (Å²) in [7, 11) is 1.32. The fraction of sp³-hybridized carbons (Fsp3) is 0.250. The number of halogens is 1. The molecule has 1 aromatic carbocycles. The predicted octanol–water partition coefficient (Wildman–Crippen LogP) is 3.61. The molecular weight excluding hydrogens is 322 g/mol. The quantitative estimate of drug-likeness (QED) is 0.872. The first kappa shape index (κ1) is 15.1. The van der Waals surface area contributed by atoms with E-state index in [9.17, 15) is 9.59 Å². The van der Waals surface area contributed by atoms with E-state index in [1.54, 1.807) is 12.1 Å². The minimum Gasteiger partial charge on any atom is -0.465 e. The van der Waals surface area contributed by atoms with Crippen LogP contribution in [-0.2, 0) is 11.2 Å². The molecule has 0 aliphatic heterocycles. The molecule has 114 valence electrons. The maximum Gasteiger partial charge on any atom is 0.348 e. The van der Waals surface area contributed by atoms with Crippen LogP contribution in [0.1, 0.15) is 42.9 Å². The number of rotatable bonds is 3. The van der Waals surface area contributed by atoms with Crippen LogP contribution in [0.25, 0.3) is 0 Å². The van der Waals surface area contributed by atoms with Gasteiger partial charge in [-0.2, -0.15) is 0 Å². The Kier molecular flexibility index (Phi) is 4.18. The summed E-state index contributed by atoms with van der Waals surface area (Å²) in [6.45, 7) is 0. The summed E-state index contributed by atoms with van der Waals surface area (Å²) in [4.78, 5) is 24.7. The molecule has 2 aromatic rings. The first-order valence-electron chi connectivity index (χ1n) is 6.86. The van der Waals surface area contributed by atoms with E-state index in [4.69, 9.17) is 11.6 Å². The molecule has 0 radical (unpaired) electrons. The summed E-state index contributed by atoms with van der Waals surface area (Å²) < 4.78 is 4.65. The summed E-state index contributed by atoms with van der Waals surface area (Å²) in [5, 5.41) is 3.73. The molecule has 0 saturated carbocycles. The zero-order valence-corrected chi connectivity index (χ0v) is 13.5. The van der Waals surface area contributed by atoms with E-state index in [1.807, 2.05) is 18.2 Å². The van der Waals surface area contributed by atoms with Crippen LogP contribution in [0, 0.1) is 0 Å². The number of aryl methyl sites for hydroxylation is 1. The van der Waals surface area contributed by atoms with Crippen LogP contribution in [0.3, 0.4) is 0 Å². The molecule has 1 aliphatic carbocycles. The number of nitrogens with one attached hydrogen (secondary N) is 1. The zero-order chi connectivity index (χ0) is 15.7. The average molecular weight is 336 g/mol. The first-order valence-corrected chi connectivity index (χ1v) is 8.05. The molecule has 22 heavy (non-hydrogen) atoms. The lowest BCUT2D eigenvalue weighted by atomic mass is 10.1. The highest BCUT2D eigenvalue weighted by Crippen LogP contribution is 2.33. The largest absolute Gasteiger partial charge is 0.465 e. The normalized spacial score (nSPS) is 16.2. The van der Waals surface area contributed by atoms with Crippen LogP contribution in [-0.4, -0.2) is 19.0 Å². The molecule has 1 aliphatic rings. The summed E-state index contributed by atoms with van der Waals surface area (Å²) in [6, 6.07) is 8.99. The van der Waals surface area contributed by atoms with Crippen molar-refractivity contribution in [2.75, 3.05) is 7.11 Å². The molecule has 1 aromatic heterocycles. The van der Waals surface area contributed by atoms with Crippen LogP contribution >= 0.6 is 22.9 Å². The monoisotopic (exact) mass is 335 g/mol. The van der Waals surface area contributed by atoms with Gasteiger partial charge in [-0.1, -0.05) is 17.7 Å². The van der Waals surface area contributed by atoms with E-state index in [0.717, 1.165) is 29.7 Å². The Morgan fingerprint density at radius 1 is 1.27 bits per heavy atom. The Hall–Kier alpha value is -1.85. The third kappa shape index (κ3) is 2.87. The van der Waals surface area contributed by atoms with Gasteiger partial charge in [-0.3, -0.25) is 4.79 Å². The molecule has 0 fully saturated rings. The number of benzene rings is 1. The lowest BCUT2D eigenvalue weighted by Gasteiger charge is -2.13. The van der Waals surface area contributed by atoms with Crippen molar-refractivity contribution in [2.45, 2.75) is 18.9 Å². The summed E-state index contributed by atoms with van der Waals surface area (Å²) in [5.74, 6) is -0.599. The fourth-order valence-corrected chi connectivity index (χ4v) is 3.66. The van der Waals surface area contributed by atoms with Crippen molar-refractivity contribution < 1.29 is 14.3 Å². The number of methoxy groups -OCH3 is 1. The van der Waals surface area contributed by atoms with Gasteiger partial charge in [-0.25, -0.2) is 4.79 Å². The Morgan fingerprint density at radius 2 is 2.05 bits per heavy atom. The van der Waals surface area contributed by atoms with Crippen molar-refractivity contribution >= 4 is 34.8 Å². The molecule has 0 saturated heterocycles. The number of hydrogen-bond donors (Lipinski definition) is 1. The number of hydrogen-bond acceptors (Lipinski definition) is 4. The van der Waals surface area contributed by atoms with E-state index in [0.29, 0.717) is 14.8 Å². The Labute approximate surface area is 137 Å². The van der Waals surface area contributed by atoms with Gasteiger partial charge in [-0.05, 0) is 48.2 Å². The topological polar surface area (TPSA) is 55.4 Å². The fourth-order valence-electron chi connectivity index (χ4n) is 2.64. The predicted molar refractivity (Wildman–Crippen MR) is 85.6 cm³/mol. The van der Waals surface area contributed by atoms with Gasteiger partial charge in [0, 0.05) is 5.02 Å². The second kappa shape index (κ2) is 6.10. The van der Waals surface area contributed by atoms with E-state index in [2.05, 4.69) is 10.1 Å². The molecule has 1 atom stereocenters. The van der Waals surface area contributed by atoms with E-state index in [-0.39, 0.29) is 11.9 Å². The van der Waals surface area contributed by atoms with Gasteiger partial charge in [0.15, 0.2) is 0 Å². The Bertz CT molecular complexity index is 741. The third-order valence-corrected chi connectivity index (χ3v) is 5.00. The third-order valence-electron chi connectivity index (χ3n) is 3.70. The molecule has 0 unspecified atom stereocenters. The number of amides is 1. The molecule has 0 bridgehead atoms. The molecule has 1 N–H and O–H groups in total. The van der Waals surface area contributed by atoms with Crippen molar-refractivity contribution in [3.05, 3.63) is 56.2 Å². The SMILES string of the molecule is COC(=O)c1ccc(C(=O)N[C@@H]2CCc3cc(Cl)ccc32)s1. The number of esters is 1. The van der Waals surface area contributed by atoms with Crippen molar-refractivity contribution in [3.8, 4) is 0 Å². The van der Waals surface area contributed by atoms with Gasteiger partial charge >= 0.3 is 5.97 Å². The highest BCUT2D eigenvalue weighted by Gasteiger charge is 2.25. The summed E-state index contributed by atoms with van der Waals surface area (Å²) in [5.41, 5.74) is 2.29. The van der Waals surface area contributed by atoms with Gasteiger partial charge in [0.2, 0.25) is 0 Å². The number of thiophene rings is 1. The number of carbonyl (C=O) groups is 2. The maximum absolute atomic E-state index is 12.3. The highest BCUT2D eigenvalue weighted by atomic mass is 35.5. The number of fused-ring (bicyclic) bond motifs is 1. The molecule has 4 nitrogen and oxygen atoms in total. The van der Waals surface area contributed by atoms with E-state index < -0.39 is 5.97 Å². The Balaban J connectivity index is 1.73. The maximum atomic E-state index is 12.3. The van der Waals surface area contributed by atoms with Crippen LogP contribution in [0.15, 0.2) is 30.3 Å². The van der Waals surface area contributed by atoms with Crippen molar-refractivity contribution in [3.63, 3.8) is 0 Å². The van der Waals surface area contributed by atoms with Crippen molar-refractivity contribution in [1.82, 2.24) is 5.32 Å². The lowest BCUT2D eigenvalue weighted by Crippen LogP contribution is -2.26. The standard InChI is InChI=1S/C16H14ClNO3S/c1-21-16(20)14-7-6-13(22-14)15(19)18-12-5-2-9-8-10(17)3-4-11(9)12/h3-4,6-8,12H,2,5H2,1H3,(H,18,19)/t12-/m1/s1. The van der Waals surface area contributed by atoms with Crippen molar-refractivity contribution in [2.24, 2.45) is 0 Å². The van der Waals surface area contributed by atoms with Gasteiger partial charge in [0.05, 0.1) is 18.0 Å².